The molecule has 0 N–H and O–H groups in total. The summed E-state index contributed by atoms with van der Waals surface area (Å²) in [5.41, 5.74) is 1.20. The van der Waals surface area contributed by atoms with E-state index in [0.29, 0.717) is 18.5 Å². The van der Waals surface area contributed by atoms with E-state index in [9.17, 15) is 14.9 Å². The zero-order valence-corrected chi connectivity index (χ0v) is 10.8. The summed E-state index contributed by atoms with van der Waals surface area (Å²) < 4.78 is 0. The highest BCUT2D eigenvalue weighted by Crippen LogP contribution is 2.32. The van der Waals surface area contributed by atoms with E-state index in [-0.39, 0.29) is 11.5 Å². The molecule has 0 aliphatic carbocycles. The van der Waals surface area contributed by atoms with Crippen LogP contribution in [-0.2, 0) is 4.79 Å². The summed E-state index contributed by atoms with van der Waals surface area (Å²) >= 11 is 0. The molecule has 1 aromatic heterocycles. The Labute approximate surface area is 115 Å². The number of piperidine rings is 1. The lowest BCUT2D eigenvalue weighted by molar-refractivity contribution is -0.383. The van der Waals surface area contributed by atoms with Crippen LogP contribution in [-0.4, -0.2) is 28.8 Å². The number of carbonyl (C=O) groups excluding carboxylic acids is 1. The fourth-order valence-electron chi connectivity index (χ4n) is 2.61. The lowest BCUT2D eigenvalue weighted by Crippen LogP contribution is -2.35. The van der Waals surface area contributed by atoms with Crippen LogP contribution in [0.5, 0.6) is 0 Å². The molecule has 0 atom stereocenters. The van der Waals surface area contributed by atoms with Crippen LogP contribution < -0.4 is 4.90 Å². The molecule has 1 fully saturated rings. The second kappa shape index (κ2) is 4.88. The standard InChI is InChI=1S/C14H13N3O3/c18-10-3-2-8-16(9-10)12-5-6-13(17(19)20)14-11(12)4-1-7-15-14/h1,4-7H,2-3,8-9H2. The van der Waals surface area contributed by atoms with Gasteiger partial charge in [0.15, 0.2) is 5.78 Å². The van der Waals surface area contributed by atoms with Crippen molar-refractivity contribution in [1.29, 1.82) is 0 Å². The van der Waals surface area contributed by atoms with Gasteiger partial charge in [0.2, 0.25) is 0 Å². The molecule has 2 aromatic rings. The number of non-ortho nitro benzene ring substituents is 1. The predicted octanol–water partition coefficient (Wildman–Crippen LogP) is 2.31. The Morgan fingerprint density at radius 2 is 2.15 bits per heavy atom. The Morgan fingerprint density at radius 1 is 1.30 bits per heavy atom. The van der Waals surface area contributed by atoms with E-state index < -0.39 is 4.92 Å². The highest BCUT2D eigenvalue weighted by molar-refractivity contribution is 5.98. The topological polar surface area (TPSA) is 76.3 Å². The highest BCUT2D eigenvalue weighted by Gasteiger charge is 2.22. The summed E-state index contributed by atoms with van der Waals surface area (Å²) in [4.78, 5) is 28.3. The summed E-state index contributed by atoms with van der Waals surface area (Å²) in [6.07, 6.45) is 2.97. The maximum atomic E-state index is 11.6. The van der Waals surface area contributed by atoms with Gasteiger partial charge in [-0.2, -0.15) is 0 Å². The number of nitro benzene ring substituents is 1. The van der Waals surface area contributed by atoms with Crippen LogP contribution in [0.2, 0.25) is 0 Å². The van der Waals surface area contributed by atoms with Crippen molar-refractivity contribution in [3.05, 3.63) is 40.6 Å². The van der Waals surface area contributed by atoms with E-state index in [1.165, 1.54) is 6.07 Å². The van der Waals surface area contributed by atoms with Crippen molar-refractivity contribution in [1.82, 2.24) is 4.98 Å². The van der Waals surface area contributed by atoms with Crippen molar-refractivity contribution >= 4 is 28.1 Å². The number of anilines is 1. The Bertz CT molecular complexity index is 699. The SMILES string of the molecule is O=C1CCCN(c2ccc([N+](=O)[O-])c3ncccc23)C1. The molecule has 0 spiro atoms. The lowest BCUT2D eigenvalue weighted by atomic mass is 10.1. The Hall–Kier alpha value is -2.50. The third kappa shape index (κ3) is 2.09. The molecule has 6 heteroatoms. The van der Waals surface area contributed by atoms with Crippen molar-refractivity contribution in [2.24, 2.45) is 0 Å². The Balaban J connectivity index is 2.15. The molecule has 1 aliphatic rings. The molecule has 2 heterocycles. The first-order valence-electron chi connectivity index (χ1n) is 6.45. The van der Waals surface area contributed by atoms with Crippen molar-refractivity contribution in [3.63, 3.8) is 0 Å². The first-order chi connectivity index (χ1) is 9.66. The summed E-state index contributed by atoms with van der Waals surface area (Å²) in [5.74, 6) is 0.201. The van der Waals surface area contributed by atoms with E-state index in [1.54, 1.807) is 18.3 Å². The average Bonchev–Trinajstić information content (AvgIpc) is 2.46. The molecular formula is C14H13N3O3. The number of nitrogens with zero attached hydrogens (tertiary/aromatic N) is 3. The normalized spacial score (nSPS) is 15.6. The fourth-order valence-corrected chi connectivity index (χ4v) is 2.61. The van der Waals surface area contributed by atoms with Gasteiger partial charge in [-0.1, -0.05) is 0 Å². The average molecular weight is 271 g/mol. The number of hydrogen-bond donors (Lipinski definition) is 0. The van der Waals surface area contributed by atoms with Crippen LogP contribution in [0.1, 0.15) is 12.8 Å². The van der Waals surface area contributed by atoms with Crippen LogP contribution in [0, 0.1) is 10.1 Å². The van der Waals surface area contributed by atoms with Crippen molar-refractivity contribution < 1.29 is 9.72 Å². The molecule has 1 aromatic carbocycles. The summed E-state index contributed by atoms with van der Waals surface area (Å²) in [6.45, 7) is 1.15. The number of Topliss-reactive ketones (excluding diaryl/α,β-unsaturated/α-hetero) is 1. The highest BCUT2D eigenvalue weighted by atomic mass is 16.6. The molecule has 102 valence electrons. The van der Waals surface area contributed by atoms with Crippen LogP contribution in [0.15, 0.2) is 30.5 Å². The van der Waals surface area contributed by atoms with Gasteiger partial charge in [0.25, 0.3) is 5.69 Å². The van der Waals surface area contributed by atoms with Crippen molar-refractivity contribution in [2.75, 3.05) is 18.0 Å². The molecule has 1 saturated heterocycles. The van der Waals surface area contributed by atoms with Gasteiger partial charge in [-0.05, 0) is 24.6 Å². The number of benzene rings is 1. The number of carbonyl (C=O) groups is 1. The van der Waals surface area contributed by atoms with Crippen molar-refractivity contribution in [3.8, 4) is 0 Å². The zero-order valence-electron chi connectivity index (χ0n) is 10.8. The van der Waals surface area contributed by atoms with Crippen LogP contribution in [0.3, 0.4) is 0 Å². The summed E-state index contributed by atoms with van der Waals surface area (Å²) in [7, 11) is 0. The van der Waals surface area contributed by atoms with Crippen LogP contribution in [0.4, 0.5) is 11.4 Å². The van der Waals surface area contributed by atoms with Crippen LogP contribution >= 0.6 is 0 Å². The number of pyridine rings is 1. The minimum Gasteiger partial charge on any atom is -0.364 e. The molecular weight excluding hydrogens is 258 g/mol. The Kier molecular flexibility index (Phi) is 3.06. The molecule has 3 rings (SSSR count). The van der Waals surface area contributed by atoms with Crippen LogP contribution in [0.25, 0.3) is 10.9 Å². The van der Waals surface area contributed by atoms with E-state index >= 15 is 0 Å². The maximum absolute atomic E-state index is 11.6. The number of rotatable bonds is 2. The fraction of sp³-hybridized carbons (Fsp3) is 0.286. The summed E-state index contributed by atoms with van der Waals surface area (Å²) in [5, 5.41) is 11.8. The predicted molar refractivity (Wildman–Crippen MR) is 74.9 cm³/mol. The van der Waals surface area contributed by atoms with Gasteiger partial charge < -0.3 is 4.90 Å². The first-order valence-corrected chi connectivity index (χ1v) is 6.45. The van der Waals surface area contributed by atoms with Gasteiger partial charge in [-0.15, -0.1) is 0 Å². The third-order valence-corrected chi connectivity index (χ3v) is 3.51. The number of hydrogen-bond acceptors (Lipinski definition) is 5. The first kappa shape index (κ1) is 12.5. The molecule has 0 amide bonds. The van der Waals surface area contributed by atoms with Gasteiger partial charge in [0.1, 0.15) is 5.52 Å². The molecule has 0 saturated carbocycles. The van der Waals surface area contributed by atoms with E-state index in [1.807, 2.05) is 11.0 Å². The number of aromatic nitrogens is 1. The molecule has 1 aliphatic heterocycles. The monoisotopic (exact) mass is 271 g/mol. The Morgan fingerprint density at radius 3 is 2.90 bits per heavy atom. The second-order valence-electron chi connectivity index (χ2n) is 4.82. The molecule has 0 unspecified atom stereocenters. The van der Waals surface area contributed by atoms with E-state index in [4.69, 9.17) is 0 Å². The lowest BCUT2D eigenvalue weighted by Gasteiger charge is -2.28. The smallest absolute Gasteiger partial charge is 0.295 e. The van der Waals surface area contributed by atoms with Gasteiger partial charge in [-0.3, -0.25) is 14.9 Å². The molecule has 20 heavy (non-hydrogen) atoms. The second-order valence-corrected chi connectivity index (χ2v) is 4.82. The van der Waals surface area contributed by atoms with Gasteiger partial charge in [0.05, 0.1) is 11.5 Å². The van der Waals surface area contributed by atoms with Gasteiger partial charge in [0, 0.05) is 36.3 Å². The maximum Gasteiger partial charge on any atom is 0.295 e. The van der Waals surface area contributed by atoms with Gasteiger partial charge >= 0.3 is 0 Å². The van der Waals surface area contributed by atoms with Crippen molar-refractivity contribution in [2.45, 2.75) is 12.8 Å². The number of nitro groups is 1. The molecule has 0 bridgehead atoms. The quantitative estimate of drug-likeness (QED) is 0.618. The minimum absolute atomic E-state index is 0.00677. The zero-order chi connectivity index (χ0) is 14.1. The number of ketones is 1. The minimum atomic E-state index is -0.430. The third-order valence-electron chi connectivity index (χ3n) is 3.51. The molecule has 6 nitrogen and oxygen atoms in total. The van der Waals surface area contributed by atoms with Gasteiger partial charge in [-0.25, -0.2) is 4.98 Å². The largest absolute Gasteiger partial charge is 0.364 e. The summed E-state index contributed by atoms with van der Waals surface area (Å²) in [6, 6.07) is 6.73. The molecule has 0 radical (unpaired) electrons. The van der Waals surface area contributed by atoms with E-state index in [0.717, 1.165) is 24.0 Å². The number of fused-ring (bicyclic) bond motifs is 1. The van der Waals surface area contributed by atoms with E-state index in [2.05, 4.69) is 4.98 Å².